The van der Waals surface area contributed by atoms with Crippen LogP contribution < -0.4 is 0 Å². The minimum atomic E-state index is 0.570. The van der Waals surface area contributed by atoms with Crippen molar-refractivity contribution < 1.29 is 4.42 Å². The molecular weight excluding hydrogens is 520 g/mol. The quantitative estimate of drug-likeness (QED) is 0.194. The second-order valence-corrected chi connectivity index (χ2v) is 11.6. The highest BCUT2D eigenvalue weighted by atomic mass is 16.3. The SMILES string of the molecule is C/C(=C\CC1C=CC=CC1)c1c2ccccc2c(-c2ccc(-c3cccc4c3oc3ccccc34)cc2)c2ccccc12. The number of para-hydroxylation sites is 2. The molecule has 0 amide bonds. The summed E-state index contributed by atoms with van der Waals surface area (Å²) in [5, 5.41) is 7.50. The zero-order valence-corrected chi connectivity index (χ0v) is 24.3. The van der Waals surface area contributed by atoms with Crippen LogP contribution in [0.1, 0.15) is 25.3 Å². The zero-order valence-electron chi connectivity index (χ0n) is 24.3. The van der Waals surface area contributed by atoms with Crippen LogP contribution >= 0.6 is 0 Å². The lowest BCUT2D eigenvalue weighted by Crippen LogP contribution is -1.96. The molecule has 0 aliphatic heterocycles. The number of furan rings is 1. The summed E-state index contributed by atoms with van der Waals surface area (Å²) in [4.78, 5) is 0. The van der Waals surface area contributed by atoms with Crippen LogP contribution in [0, 0.1) is 5.92 Å². The van der Waals surface area contributed by atoms with Crippen LogP contribution in [-0.2, 0) is 0 Å². The van der Waals surface area contributed by atoms with Gasteiger partial charge in [-0.1, -0.05) is 140 Å². The molecule has 0 radical (unpaired) electrons. The first-order valence-electron chi connectivity index (χ1n) is 15.2. The molecule has 0 spiro atoms. The molecule has 0 fully saturated rings. The van der Waals surface area contributed by atoms with Crippen molar-refractivity contribution in [2.24, 2.45) is 5.92 Å². The first kappa shape index (κ1) is 25.6. The van der Waals surface area contributed by atoms with Crippen LogP contribution in [-0.4, -0.2) is 0 Å². The van der Waals surface area contributed by atoms with E-state index >= 15 is 0 Å². The summed E-state index contributed by atoms with van der Waals surface area (Å²) in [7, 11) is 0. The van der Waals surface area contributed by atoms with Crippen molar-refractivity contribution in [3.8, 4) is 22.3 Å². The number of hydrogen-bond acceptors (Lipinski definition) is 1. The van der Waals surface area contributed by atoms with Gasteiger partial charge in [-0.15, -0.1) is 0 Å². The average Bonchev–Trinajstić information content (AvgIpc) is 3.46. The Morgan fingerprint density at radius 2 is 1.28 bits per heavy atom. The van der Waals surface area contributed by atoms with Crippen molar-refractivity contribution in [3.05, 3.63) is 151 Å². The van der Waals surface area contributed by atoms with E-state index in [1.54, 1.807) is 0 Å². The Bertz CT molecular complexity index is 2180. The van der Waals surface area contributed by atoms with Crippen LogP contribution in [0.2, 0.25) is 0 Å². The van der Waals surface area contributed by atoms with Gasteiger partial charge in [0.05, 0.1) is 0 Å². The normalized spacial score (nSPS) is 15.3. The van der Waals surface area contributed by atoms with E-state index < -0.39 is 0 Å². The largest absolute Gasteiger partial charge is 0.455 e. The van der Waals surface area contributed by atoms with Gasteiger partial charge in [-0.2, -0.15) is 0 Å². The van der Waals surface area contributed by atoms with Crippen LogP contribution in [0.25, 0.3) is 71.3 Å². The molecule has 1 nitrogen and oxygen atoms in total. The van der Waals surface area contributed by atoms with E-state index in [0.29, 0.717) is 5.92 Å². The molecule has 6 aromatic carbocycles. The minimum Gasteiger partial charge on any atom is -0.455 e. The van der Waals surface area contributed by atoms with Crippen LogP contribution in [0.5, 0.6) is 0 Å². The Morgan fingerprint density at radius 1 is 0.651 bits per heavy atom. The fraction of sp³-hybridized carbons (Fsp3) is 0.0952. The summed E-state index contributed by atoms with van der Waals surface area (Å²) in [5.74, 6) is 0.570. The number of fused-ring (bicyclic) bond motifs is 5. The first-order chi connectivity index (χ1) is 21.3. The second-order valence-electron chi connectivity index (χ2n) is 11.6. The molecule has 1 heterocycles. The average molecular weight is 553 g/mol. The smallest absolute Gasteiger partial charge is 0.143 e. The van der Waals surface area contributed by atoms with Gasteiger partial charge in [-0.3, -0.25) is 0 Å². The Morgan fingerprint density at radius 3 is 1.98 bits per heavy atom. The van der Waals surface area contributed by atoms with E-state index in [2.05, 4.69) is 140 Å². The van der Waals surface area contributed by atoms with Crippen molar-refractivity contribution in [1.29, 1.82) is 0 Å². The third-order valence-electron chi connectivity index (χ3n) is 9.01. The maximum absolute atomic E-state index is 6.35. The molecule has 1 aliphatic rings. The molecule has 1 heteroatoms. The van der Waals surface area contributed by atoms with Crippen molar-refractivity contribution in [2.75, 3.05) is 0 Å². The Kier molecular flexibility index (Phi) is 6.30. The highest BCUT2D eigenvalue weighted by Gasteiger charge is 2.17. The summed E-state index contributed by atoms with van der Waals surface area (Å²) in [6.07, 6.45) is 13.5. The van der Waals surface area contributed by atoms with E-state index in [9.17, 15) is 0 Å². The fourth-order valence-corrected chi connectivity index (χ4v) is 6.89. The van der Waals surface area contributed by atoms with Crippen LogP contribution in [0.4, 0.5) is 0 Å². The van der Waals surface area contributed by atoms with Crippen molar-refractivity contribution in [1.82, 2.24) is 0 Å². The molecule has 1 unspecified atom stereocenters. The summed E-state index contributed by atoms with van der Waals surface area (Å²) in [5.41, 5.74) is 9.35. The third kappa shape index (κ3) is 4.40. The maximum atomic E-state index is 6.35. The summed E-state index contributed by atoms with van der Waals surface area (Å²) >= 11 is 0. The number of hydrogen-bond donors (Lipinski definition) is 0. The maximum Gasteiger partial charge on any atom is 0.143 e. The number of benzene rings is 6. The molecule has 0 bridgehead atoms. The molecule has 206 valence electrons. The highest BCUT2D eigenvalue weighted by molar-refractivity contribution is 6.18. The van der Waals surface area contributed by atoms with Gasteiger partial charge in [-0.25, -0.2) is 0 Å². The molecule has 0 saturated carbocycles. The van der Waals surface area contributed by atoms with E-state index in [4.69, 9.17) is 4.42 Å². The van der Waals surface area contributed by atoms with Gasteiger partial charge in [0.2, 0.25) is 0 Å². The lowest BCUT2D eigenvalue weighted by Gasteiger charge is -2.19. The fourth-order valence-electron chi connectivity index (χ4n) is 6.89. The van der Waals surface area contributed by atoms with Gasteiger partial charge in [-0.05, 0) is 81.1 Å². The van der Waals surface area contributed by atoms with Crippen molar-refractivity contribution >= 4 is 49.1 Å². The summed E-state index contributed by atoms with van der Waals surface area (Å²) < 4.78 is 6.35. The number of rotatable bonds is 5. The topological polar surface area (TPSA) is 13.1 Å². The van der Waals surface area contributed by atoms with Crippen LogP contribution in [0.15, 0.2) is 150 Å². The van der Waals surface area contributed by atoms with Gasteiger partial charge in [0.1, 0.15) is 11.2 Å². The molecule has 1 aromatic heterocycles. The number of allylic oxidation sites excluding steroid dienone is 6. The molecule has 0 N–H and O–H groups in total. The lowest BCUT2D eigenvalue weighted by molar-refractivity contribution is 0.669. The minimum absolute atomic E-state index is 0.570. The Labute approximate surface area is 252 Å². The Balaban J connectivity index is 1.26. The lowest BCUT2D eigenvalue weighted by atomic mass is 9.85. The molecule has 1 aliphatic carbocycles. The summed E-state index contributed by atoms with van der Waals surface area (Å²) in [6.45, 7) is 2.28. The van der Waals surface area contributed by atoms with Gasteiger partial charge in [0.25, 0.3) is 0 Å². The van der Waals surface area contributed by atoms with Gasteiger partial charge in [0.15, 0.2) is 0 Å². The molecule has 7 aromatic rings. The first-order valence-corrected chi connectivity index (χ1v) is 15.2. The van der Waals surface area contributed by atoms with E-state index in [1.165, 1.54) is 43.8 Å². The third-order valence-corrected chi connectivity index (χ3v) is 9.01. The second kappa shape index (κ2) is 10.6. The van der Waals surface area contributed by atoms with Crippen molar-refractivity contribution in [2.45, 2.75) is 19.8 Å². The van der Waals surface area contributed by atoms with Gasteiger partial charge >= 0.3 is 0 Å². The molecular formula is C42H32O. The van der Waals surface area contributed by atoms with E-state index in [-0.39, 0.29) is 0 Å². The van der Waals surface area contributed by atoms with Gasteiger partial charge in [0, 0.05) is 16.3 Å². The van der Waals surface area contributed by atoms with E-state index in [0.717, 1.165) is 45.9 Å². The predicted molar refractivity (Wildman–Crippen MR) is 184 cm³/mol. The molecule has 43 heavy (non-hydrogen) atoms. The van der Waals surface area contributed by atoms with Crippen molar-refractivity contribution in [3.63, 3.8) is 0 Å². The zero-order chi connectivity index (χ0) is 28.8. The molecule has 1 atom stereocenters. The monoisotopic (exact) mass is 552 g/mol. The standard InChI is InChI=1S/C42H32O/c1-28(22-23-29-12-3-2-4-13-29)40-34-15-5-7-17-36(34)41(37-18-8-6-16-35(37)40)31-26-24-30(25-27-31)32-19-11-20-38-33-14-9-10-21-39(33)43-42(32)38/h2-12,14-22,24-27,29H,13,23H2,1H3/b28-22+. The Hall–Kier alpha value is -5.14. The van der Waals surface area contributed by atoms with Gasteiger partial charge < -0.3 is 4.42 Å². The molecule has 0 saturated heterocycles. The van der Waals surface area contributed by atoms with E-state index in [1.807, 2.05) is 12.1 Å². The molecule has 8 rings (SSSR count). The predicted octanol–water partition coefficient (Wildman–Crippen LogP) is 12.2. The summed E-state index contributed by atoms with van der Waals surface area (Å²) in [6, 6.07) is 41.6. The highest BCUT2D eigenvalue weighted by Crippen LogP contribution is 2.43. The van der Waals surface area contributed by atoms with Crippen LogP contribution in [0.3, 0.4) is 0 Å².